The van der Waals surface area contributed by atoms with Gasteiger partial charge in [0.25, 0.3) is 5.52 Å². The largest absolute Gasteiger partial charge is 0.268 e. The van der Waals surface area contributed by atoms with Gasteiger partial charge in [-0.2, -0.15) is 0 Å². The van der Waals surface area contributed by atoms with E-state index in [4.69, 9.17) is 4.84 Å². The Morgan fingerprint density at radius 1 is 1.00 bits per heavy atom. The average Bonchev–Trinajstić information content (AvgIpc) is 2.82. The Morgan fingerprint density at radius 3 is 2.62 bits per heavy atom. The molecule has 1 fully saturated rings. The van der Waals surface area contributed by atoms with Gasteiger partial charge in [-0.05, 0) is 37.8 Å². The molecule has 1 saturated carbocycles. The van der Waals surface area contributed by atoms with Crippen molar-refractivity contribution in [3.8, 4) is 0 Å². The van der Waals surface area contributed by atoms with E-state index in [2.05, 4.69) is 30.3 Å². The first-order valence-corrected chi connectivity index (χ1v) is 6.00. The van der Waals surface area contributed by atoms with E-state index in [1.807, 2.05) is 17.0 Å². The predicted molar refractivity (Wildman–Crippen MR) is 63.0 cm³/mol. The van der Waals surface area contributed by atoms with Crippen molar-refractivity contribution in [2.75, 3.05) is 0 Å². The van der Waals surface area contributed by atoms with Crippen molar-refractivity contribution in [3.05, 3.63) is 42.6 Å². The fourth-order valence-electron chi connectivity index (χ4n) is 2.38. The van der Waals surface area contributed by atoms with Gasteiger partial charge in [0.2, 0.25) is 6.20 Å². The number of para-hydroxylation sites is 1. The molecule has 1 heterocycles. The first-order valence-electron chi connectivity index (χ1n) is 6.00. The Balaban J connectivity index is 1.96. The Labute approximate surface area is 95.4 Å². The lowest BCUT2D eigenvalue weighted by Crippen LogP contribution is -2.47. The van der Waals surface area contributed by atoms with Gasteiger partial charge in [-0.3, -0.25) is 4.84 Å². The van der Waals surface area contributed by atoms with Gasteiger partial charge in [0.1, 0.15) is 0 Å². The number of fused-ring (bicyclic) bond motifs is 1. The van der Waals surface area contributed by atoms with Gasteiger partial charge in [-0.25, -0.2) is 0 Å². The van der Waals surface area contributed by atoms with Crippen LogP contribution in [0.4, 0.5) is 0 Å². The molecule has 0 N–H and O–H groups in total. The van der Waals surface area contributed by atoms with Crippen molar-refractivity contribution >= 4 is 10.9 Å². The minimum atomic E-state index is 0.399. The van der Waals surface area contributed by atoms with Crippen LogP contribution in [0.2, 0.25) is 0 Å². The van der Waals surface area contributed by atoms with Gasteiger partial charge in [0.05, 0.1) is 5.39 Å². The summed E-state index contributed by atoms with van der Waals surface area (Å²) in [6.07, 6.45) is 7.38. The van der Waals surface area contributed by atoms with Crippen LogP contribution in [0.15, 0.2) is 42.6 Å². The number of aromatic nitrogens is 1. The molecule has 3 rings (SSSR count). The van der Waals surface area contributed by atoms with Crippen LogP contribution in [0.1, 0.15) is 25.7 Å². The lowest BCUT2D eigenvalue weighted by molar-refractivity contribution is -0.879. The SMILES string of the molecule is c1ccc2c(c1)ccc[n+]2OC1CCCC1. The van der Waals surface area contributed by atoms with Crippen LogP contribution in [0, 0.1) is 0 Å². The third-order valence-corrected chi connectivity index (χ3v) is 3.24. The molecule has 1 aliphatic rings. The molecule has 0 radical (unpaired) electrons. The number of rotatable bonds is 2. The van der Waals surface area contributed by atoms with Gasteiger partial charge < -0.3 is 0 Å². The summed E-state index contributed by atoms with van der Waals surface area (Å²) in [4.78, 5) is 6.01. The summed E-state index contributed by atoms with van der Waals surface area (Å²) in [6, 6.07) is 12.5. The highest BCUT2D eigenvalue weighted by atomic mass is 16.7. The van der Waals surface area contributed by atoms with E-state index >= 15 is 0 Å². The number of hydrogen-bond acceptors (Lipinski definition) is 1. The second kappa shape index (κ2) is 4.12. The Kier molecular flexibility index (Phi) is 2.49. The van der Waals surface area contributed by atoms with E-state index in [0.29, 0.717) is 6.10 Å². The number of benzene rings is 1. The topological polar surface area (TPSA) is 13.1 Å². The van der Waals surface area contributed by atoms with Crippen LogP contribution in [0.5, 0.6) is 0 Å². The zero-order chi connectivity index (χ0) is 10.8. The lowest BCUT2D eigenvalue weighted by atomic mass is 10.2. The maximum atomic E-state index is 6.01. The zero-order valence-corrected chi connectivity index (χ0v) is 9.30. The third-order valence-electron chi connectivity index (χ3n) is 3.24. The van der Waals surface area contributed by atoms with Crippen LogP contribution >= 0.6 is 0 Å². The highest BCUT2D eigenvalue weighted by Crippen LogP contribution is 2.18. The normalized spacial score (nSPS) is 16.8. The molecule has 0 bridgehead atoms. The average molecular weight is 214 g/mol. The first kappa shape index (κ1) is 9.64. The lowest BCUT2D eigenvalue weighted by Gasteiger charge is -2.06. The van der Waals surface area contributed by atoms with Crippen LogP contribution < -0.4 is 9.57 Å². The first-order chi connectivity index (χ1) is 7.93. The second-order valence-corrected chi connectivity index (χ2v) is 4.40. The summed E-state index contributed by atoms with van der Waals surface area (Å²) >= 11 is 0. The maximum Gasteiger partial charge on any atom is 0.264 e. The minimum absolute atomic E-state index is 0.399. The molecule has 0 spiro atoms. The summed E-state index contributed by atoms with van der Waals surface area (Å²) in [5.74, 6) is 0. The van der Waals surface area contributed by atoms with Crippen molar-refractivity contribution in [1.82, 2.24) is 0 Å². The van der Waals surface area contributed by atoms with Crippen LogP contribution in [-0.2, 0) is 0 Å². The number of nitrogens with zero attached hydrogens (tertiary/aromatic N) is 1. The molecule has 82 valence electrons. The fourth-order valence-corrected chi connectivity index (χ4v) is 2.38. The molecule has 2 aromatic rings. The van der Waals surface area contributed by atoms with Crippen molar-refractivity contribution < 1.29 is 9.57 Å². The summed E-state index contributed by atoms with van der Waals surface area (Å²) in [6.45, 7) is 0. The Bertz CT molecular complexity index is 484. The molecule has 0 unspecified atom stereocenters. The van der Waals surface area contributed by atoms with Crippen LogP contribution in [0.25, 0.3) is 10.9 Å². The molecule has 2 heteroatoms. The highest BCUT2D eigenvalue weighted by molar-refractivity contribution is 5.74. The van der Waals surface area contributed by atoms with Crippen LogP contribution in [0.3, 0.4) is 0 Å². The summed E-state index contributed by atoms with van der Waals surface area (Å²) < 4.78 is 1.92. The van der Waals surface area contributed by atoms with E-state index in [-0.39, 0.29) is 0 Å². The summed E-state index contributed by atoms with van der Waals surface area (Å²) in [7, 11) is 0. The van der Waals surface area contributed by atoms with Gasteiger partial charge in [-0.15, -0.1) is 0 Å². The standard InChI is InChI=1S/C14H16NO/c1-4-10-14-12(6-1)7-5-11-15(14)16-13-8-2-3-9-13/h1,4-7,10-11,13H,2-3,8-9H2/q+1. The number of hydrogen-bond donors (Lipinski definition) is 0. The van der Waals surface area contributed by atoms with E-state index < -0.39 is 0 Å². The van der Waals surface area contributed by atoms with Crippen LogP contribution in [-0.4, -0.2) is 6.10 Å². The van der Waals surface area contributed by atoms with Gasteiger partial charge in [-0.1, -0.05) is 12.1 Å². The van der Waals surface area contributed by atoms with Crippen molar-refractivity contribution in [1.29, 1.82) is 0 Å². The Hall–Kier alpha value is -1.57. The van der Waals surface area contributed by atoms with Crippen molar-refractivity contribution in [3.63, 3.8) is 0 Å². The molecule has 1 aromatic carbocycles. The summed E-state index contributed by atoms with van der Waals surface area (Å²) in [5, 5.41) is 1.22. The molecule has 1 aliphatic carbocycles. The molecule has 2 nitrogen and oxygen atoms in total. The van der Waals surface area contributed by atoms with Gasteiger partial charge in [0, 0.05) is 16.9 Å². The maximum absolute atomic E-state index is 6.01. The van der Waals surface area contributed by atoms with E-state index in [1.165, 1.54) is 31.1 Å². The van der Waals surface area contributed by atoms with Crippen molar-refractivity contribution in [2.24, 2.45) is 0 Å². The zero-order valence-electron chi connectivity index (χ0n) is 9.30. The molecule has 1 aromatic heterocycles. The smallest absolute Gasteiger partial charge is 0.264 e. The van der Waals surface area contributed by atoms with Crippen molar-refractivity contribution in [2.45, 2.75) is 31.8 Å². The molecule has 16 heavy (non-hydrogen) atoms. The van der Waals surface area contributed by atoms with Gasteiger partial charge in [0.15, 0.2) is 6.10 Å². The molecular weight excluding hydrogens is 198 g/mol. The highest BCUT2D eigenvalue weighted by Gasteiger charge is 2.22. The molecule has 0 aliphatic heterocycles. The van der Waals surface area contributed by atoms with E-state index in [1.54, 1.807) is 0 Å². The molecular formula is C14H16NO+. The molecule has 0 atom stereocenters. The quantitative estimate of drug-likeness (QED) is 0.700. The second-order valence-electron chi connectivity index (χ2n) is 4.40. The molecule has 0 saturated heterocycles. The predicted octanol–water partition coefficient (Wildman–Crippen LogP) is 2.50. The number of pyridine rings is 1. The monoisotopic (exact) mass is 214 g/mol. The third kappa shape index (κ3) is 1.75. The minimum Gasteiger partial charge on any atom is -0.268 e. The summed E-state index contributed by atoms with van der Waals surface area (Å²) in [5.41, 5.74) is 1.15. The Morgan fingerprint density at radius 2 is 1.75 bits per heavy atom. The van der Waals surface area contributed by atoms with Gasteiger partial charge >= 0.3 is 0 Å². The fraction of sp³-hybridized carbons (Fsp3) is 0.357. The van der Waals surface area contributed by atoms with E-state index in [9.17, 15) is 0 Å². The van der Waals surface area contributed by atoms with E-state index in [0.717, 1.165) is 5.52 Å². The molecule has 0 amide bonds.